The van der Waals surface area contributed by atoms with E-state index in [0.717, 1.165) is 6.42 Å². The predicted octanol–water partition coefficient (Wildman–Crippen LogP) is 0.469. The third kappa shape index (κ3) is 2.05. The van der Waals surface area contributed by atoms with Crippen LogP contribution in [0.15, 0.2) is 11.6 Å². The molecule has 4 atom stereocenters. The van der Waals surface area contributed by atoms with Gasteiger partial charge in [0.25, 0.3) is 0 Å². The zero-order valence-corrected chi connectivity index (χ0v) is 13.2. The van der Waals surface area contributed by atoms with Crippen LogP contribution < -0.4 is 4.72 Å². The second-order valence-corrected chi connectivity index (χ2v) is 9.11. The molecule has 0 aromatic rings. The lowest BCUT2D eigenvalue weighted by Crippen LogP contribution is -2.55. The van der Waals surface area contributed by atoms with Crippen molar-refractivity contribution >= 4 is 16.0 Å². The number of sulfonamides is 1. The first-order chi connectivity index (χ1) is 9.58. The molecule has 3 rings (SSSR count). The molecule has 2 N–H and O–H groups in total. The van der Waals surface area contributed by atoms with Gasteiger partial charge in [0.2, 0.25) is 10.0 Å². The molecule has 2 aliphatic carbocycles. The molecule has 0 amide bonds. The van der Waals surface area contributed by atoms with Gasteiger partial charge in [-0.15, -0.1) is 0 Å². The Kier molecular flexibility index (Phi) is 3.07. The lowest BCUT2D eigenvalue weighted by molar-refractivity contribution is -0.140. The van der Waals surface area contributed by atoms with Gasteiger partial charge in [0.1, 0.15) is 11.7 Å². The van der Waals surface area contributed by atoms with Gasteiger partial charge in [-0.05, 0) is 46.0 Å². The topological polar surface area (TPSA) is 92.7 Å². The summed E-state index contributed by atoms with van der Waals surface area (Å²) >= 11 is 0. The van der Waals surface area contributed by atoms with Gasteiger partial charge in [0.05, 0.1) is 10.8 Å². The van der Waals surface area contributed by atoms with E-state index in [1.54, 1.807) is 26.8 Å². The highest BCUT2D eigenvalue weighted by atomic mass is 32.2. The van der Waals surface area contributed by atoms with Crippen molar-refractivity contribution in [2.45, 2.75) is 62.5 Å². The third-order valence-electron chi connectivity index (χ3n) is 4.92. The Morgan fingerprint density at radius 2 is 2.10 bits per heavy atom. The number of carbonyl (C=O) groups is 1. The molecule has 2 fully saturated rings. The lowest BCUT2D eigenvalue weighted by atomic mass is 9.71. The number of hydrogen-bond donors (Lipinski definition) is 2. The van der Waals surface area contributed by atoms with Crippen molar-refractivity contribution in [2.75, 3.05) is 0 Å². The second-order valence-electron chi connectivity index (χ2n) is 6.87. The highest BCUT2D eigenvalue weighted by Crippen LogP contribution is 2.53. The minimum atomic E-state index is -3.47. The van der Waals surface area contributed by atoms with Crippen LogP contribution in [0.4, 0.5) is 0 Å². The van der Waals surface area contributed by atoms with Crippen LogP contribution in [-0.2, 0) is 19.6 Å². The van der Waals surface area contributed by atoms with Crippen LogP contribution >= 0.6 is 0 Å². The predicted molar refractivity (Wildman–Crippen MR) is 75.9 cm³/mol. The molecule has 0 unspecified atom stereocenters. The van der Waals surface area contributed by atoms with E-state index in [4.69, 9.17) is 4.74 Å². The molecule has 1 heterocycles. The highest BCUT2D eigenvalue weighted by Gasteiger charge is 2.64. The standard InChI is InChI=1S/C14H21NO5S/c1-8(2)21(18,19)15-13(3)6-9-4-5-11-14(9,17)10(7-13)12(16)20-11/h7-9,11,15,17H,4-6H2,1-3H3/t9-,11-,13-,14+/m1/s1. The van der Waals surface area contributed by atoms with Crippen molar-refractivity contribution < 1.29 is 23.1 Å². The molecule has 0 bridgehead atoms. The Balaban J connectivity index is 2.01. The Labute approximate surface area is 124 Å². The van der Waals surface area contributed by atoms with Gasteiger partial charge in [-0.25, -0.2) is 17.9 Å². The van der Waals surface area contributed by atoms with E-state index in [9.17, 15) is 18.3 Å². The van der Waals surface area contributed by atoms with Crippen molar-refractivity contribution in [1.82, 2.24) is 4.72 Å². The maximum Gasteiger partial charge on any atom is 0.337 e. The van der Waals surface area contributed by atoms with Gasteiger partial charge in [0.15, 0.2) is 0 Å². The van der Waals surface area contributed by atoms with Crippen LogP contribution in [0, 0.1) is 5.92 Å². The van der Waals surface area contributed by atoms with Crippen LogP contribution in [-0.4, -0.2) is 42.0 Å². The summed E-state index contributed by atoms with van der Waals surface area (Å²) in [6.07, 6.45) is 2.89. The normalized spacial score (nSPS) is 42.0. The third-order valence-corrected chi connectivity index (χ3v) is 6.91. The molecule has 1 saturated heterocycles. The van der Waals surface area contributed by atoms with Crippen molar-refractivity contribution in [1.29, 1.82) is 0 Å². The molecule has 0 aromatic carbocycles. The van der Waals surface area contributed by atoms with Gasteiger partial charge >= 0.3 is 5.97 Å². The summed E-state index contributed by atoms with van der Waals surface area (Å²) < 4.78 is 32.2. The molecule has 21 heavy (non-hydrogen) atoms. The van der Waals surface area contributed by atoms with Crippen molar-refractivity contribution in [2.24, 2.45) is 5.92 Å². The second kappa shape index (κ2) is 4.30. The minimum absolute atomic E-state index is 0.159. The van der Waals surface area contributed by atoms with Gasteiger partial charge in [-0.3, -0.25) is 0 Å². The van der Waals surface area contributed by atoms with Gasteiger partial charge in [-0.1, -0.05) is 6.08 Å². The zero-order valence-electron chi connectivity index (χ0n) is 12.4. The molecule has 6 nitrogen and oxygen atoms in total. The average Bonchev–Trinajstić information content (AvgIpc) is 2.77. The molecular weight excluding hydrogens is 294 g/mol. The Morgan fingerprint density at radius 3 is 2.71 bits per heavy atom. The number of nitrogens with one attached hydrogen (secondary N) is 1. The Hall–Kier alpha value is -0.920. The fraction of sp³-hybridized carbons (Fsp3) is 0.786. The number of aliphatic hydroxyl groups is 1. The fourth-order valence-electron chi connectivity index (χ4n) is 3.79. The first-order valence-corrected chi connectivity index (χ1v) is 8.82. The van der Waals surface area contributed by atoms with Crippen molar-refractivity contribution in [3.05, 3.63) is 11.6 Å². The summed E-state index contributed by atoms with van der Waals surface area (Å²) in [5.41, 5.74) is -1.89. The summed E-state index contributed by atoms with van der Waals surface area (Å²) in [7, 11) is -3.47. The summed E-state index contributed by atoms with van der Waals surface area (Å²) in [4.78, 5) is 12.0. The first kappa shape index (κ1) is 15.0. The summed E-state index contributed by atoms with van der Waals surface area (Å²) in [5.74, 6) is -0.685. The van der Waals surface area contributed by atoms with E-state index in [1.807, 2.05) is 0 Å². The number of hydrogen-bond acceptors (Lipinski definition) is 5. The van der Waals surface area contributed by atoms with Crippen LogP contribution in [0.5, 0.6) is 0 Å². The number of esters is 1. The highest BCUT2D eigenvalue weighted by molar-refractivity contribution is 7.90. The van der Waals surface area contributed by atoms with E-state index in [0.29, 0.717) is 12.8 Å². The van der Waals surface area contributed by atoms with E-state index in [-0.39, 0.29) is 11.5 Å². The van der Waals surface area contributed by atoms with Crippen LogP contribution in [0.3, 0.4) is 0 Å². The van der Waals surface area contributed by atoms with Crippen molar-refractivity contribution in [3.8, 4) is 0 Å². The smallest absolute Gasteiger partial charge is 0.337 e. The van der Waals surface area contributed by atoms with E-state index in [1.165, 1.54) is 0 Å². The SMILES string of the molecule is CC(C)S(=O)(=O)N[C@@]1(C)C=C2C(=O)O[C@@H]3CC[C@H](C1)[C@]23O. The van der Waals surface area contributed by atoms with E-state index >= 15 is 0 Å². The van der Waals surface area contributed by atoms with Crippen molar-refractivity contribution in [3.63, 3.8) is 0 Å². The quantitative estimate of drug-likeness (QED) is 0.739. The van der Waals surface area contributed by atoms with Gasteiger partial charge in [-0.2, -0.15) is 0 Å². The van der Waals surface area contributed by atoms with Gasteiger partial charge < -0.3 is 9.84 Å². The molecule has 118 valence electrons. The molecular formula is C14H21NO5S. The molecule has 3 aliphatic rings. The first-order valence-electron chi connectivity index (χ1n) is 7.28. The molecule has 0 spiro atoms. The Morgan fingerprint density at radius 1 is 1.43 bits per heavy atom. The fourth-order valence-corrected chi connectivity index (χ4v) is 4.82. The maximum atomic E-state index is 12.1. The summed E-state index contributed by atoms with van der Waals surface area (Å²) in [6, 6.07) is 0. The monoisotopic (exact) mass is 315 g/mol. The lowest BCUT2D eigenvalue weighted by Gasteiger charge is -2.41. The number of carbonyl (C=O) groups excluding carboxylic acids is 1. The molecule has 0 radical (unpaired) electrons. The zero-order chi connectivity index (χ0) is 15.6. The van der Waals surface area contributed by atoms with E-state index in [2.05, 4.69) is 4.72 Å². The molecule has 7 heteroatoms. The number of ether oxygens (including phenoxy) is 1. The molecule has 1 saturated carbocycles. The Bertz CT molecular complexity index is 625. The number of rotatable bonds is 3. The molecule has 0 aromatic heterocycles. The maximum absolute atomic E-state index is 12.1. The minimum Gasteiger partial charge on any atom is -0.455 e. The van der Waals surface area contributed by atoms with Gasteiger partial charge in [0, 0.05) is 5.54 Å². The molecule has 1 aliphatic heterocycles. The average molecular weight is 315 g/mol. The van der Waals surface area contributed by atoms with E-state index < -0.39 is 38.5 Å². The van der Waals surface area contributed by atoms with Crippen LogP contribution in [0.1, 0.15) is 40.0 Å². The summed E-state index contributed by atoms with van der Waals surface area (Å²) in [6.45, 7) is 4.96. The largest absolute Gasteiger partial charge is 0.455 e. The summed E-state index contributed by atoms with van der Waals surface area (Å²) in [5, 5.41) is 10.3. The van der Waals surface area contributed by atoms with Crippen LogP contribution in [0.25, 0.3) is 0 Å². The van der Waals surface area contributed by atoms with Crippen LogP contribution in [0.2, 0.25) is 0 Å².